The van der Waals surface area contributed by atoms with E-state index in [1.807, 2.05) is 72.8 Å². The van der Waals surface area contributed by atoms with E-state index in [9.17, 15) is 5.26 Å². The Morgan fingerprint density at radius 1 is 0.522 bits per heavy atom. The van der Waals surface area contributed by atoms with Crippen molar-refractivity contribution in [3.05, 3.63) is 145 Å². The van der Waals surface area contributed by atoms with Gasteiger partial charge in [0, 0.05) is 43.9 Å². The van der Waals surface area contributed by atoms with Crippen molar-refractivity contribution in [2.45, 2.75) is 0 Å². The van der Waals surface area contributed by atoms with E-state index in [4.69, 9.17) is 19.4 Å². The van der Waals surface area contributed by atoms with Gasteiger partial charge < -0.3 is 8.98 Å². The number of para-hydroxylation sites is 2. The SMILES string of the molecule is N#Cc1cccc2oc3cccc(-c4nc(-c5ccccc5)nc(-c5ccc6c7ccccc7n(-c7ccccc7)c6c5)n4)c3c12. The molecule has 6 aromatic carbocycles. The summed E-state index contributed by atoms with van der Waals surface area (Å²) in [4.78, 5) is 15.1. The van der Waals surface area contributed by atoms with Crippen LogP contribution in [0.15, 0.2) is 144 Å². The van der Waals surface area contributed by atoms with Crippen LogP contribution in [-0.4, -0.2) is 19.5 Å². The number of nitriles is 1. The molecule has 9 aromatic rings. The standard InChI is InChI=1S/C40H23N5O/c41-24-27-13-9-19-34-36(27)37-31(17-10-20-35(37)46-34)40-43-38(25-11-3-1-4-12-25)42-39(44-40)26-21-22-30-29-16-7-8-18-32(29)45(33(30)23-26)28-14-5-2-6-15-28/h1-23H. The molecule has 0 bridgehead atoms. The molecule has 0 radical (unpaired) electrons. The van der Waals surface area contributed by atoms with Crippen molar-refractivity contribution in [2.75, 3.05) is 0 Å². The van der Waals surface area contributed by atoms with Gasteiger partial charge in [-0.25, -0.2) is 15.0 Å². The Hall–Kier alpha value is -6.58. The highest BCUT2D eigenvalue weighted by Crippen LogP contribution is 2.39. The Morgan fingerprint density at radius 2 is 1.17 bits per heavy atom. The maximum Gasteiger partial charge on any atom is 0.164 e. The van der Waals surface area contributed by atoms with Crippen molar-refractivity contribution in [2.24, 2.45) is 0 Å². The van der Waals surface area contributed by atoms with Crippen LogP contribution in [0.25, 0.3) is 83.6 Å². The average Bonchev–Trinajstić information content (AvgIpc) is 3.68. The third kappa shape index (κ3) is 4.00. The van der Waals surface area contributed by atoms with Crippen molar-refractivity contribution < 1.29 is 4.42 Å². The molecule has 0 aliphatic heterocycles. The summed E-state index contributed by atoms with van der Waals surface area (Å²) < 4.78 is 8.48. The predicted octanol–water partition coefficient (Wildman–Crippen LogP) is 9.74. The molecular formula is C40H23N5O. The predicted molar refractivity (Wildman–Crippen MR) is 182 cm³/mol. The zero-order chi connectivity index (χ0) is 30.6. The van der Waals surface area contributed by atoms with Gasteiger partial charge in [0.2, 0.25) is 0 Å². The zero-order valence-electron chi connectivity index (χ0n) is 24.4. The van der Waals surface area contributed by atoms with E-state index in [-0.39, 0.29) is 0 Å². The summed E-state index contributed by atoms with van der Waals surface area (Å²) >= 11 is 0. The molecule has 0 unspecified atom stereocenters. The van der Waals surface area contributed by atoms with Gasteiger partial charge in [-0.15, -0.1) is 0 Å². The maximum absolute atomic E-state index is 9.97. The van der Waals surface area contributed by atoms with Gasteiger partial charge >= 0.3 is 0 Å². The number of nitrogens with zero attached hydrogens (tertiary/aromatic N) is 5. The van der Waals surface area contributed by atoms with Crippen LogP contribution < -0.4 is 0 Å². The Kier molecular flexibility index (Phi) is 5.77. The molecule has 6 nitrogen and oxygen atoms in total. The molecule has 0 amide bonds. The van der Waals surface area contributed by atoms with Crippen molar-refractivity contribution >= 4 is 43.7 Å². The number of hydrogen-bond acceptors (Lipinski definition) is 5. The number of aromatic nitrogens is 4. The molecule has 0 N–H and O–H groups in total. The second-order valence-corrected chi connectivity index (χ2v) is 11.2. The Labute approximate surface area is 263 Å². The second kappa shape index (κ2) is 10.3. The Morgan fingerprint density at radius 3 is 1.98 bits per heavy atom. The molecule has 46 heavy (non-hydrogen) atoms. The first kappa shape index (κ1) is 25.9. The van der Waals surface area contributed by atoms with E-state index in [2.05, 4.69) is 77.4 Å². The van der Waals surface area contributed by atoms with Gasteiger partial charge in [-0.1, -0.05) is 97.1 Å². The summed E-state index contributed by atoms with van der Waals surface area (Å²) in [7, 11) is 0. The van der Waals surface area contributed by atoms with Gasteiger partial charge in [0.25, 0.3) is 0 Å². The Balaban J connectivity index is 1.33. The van der Waals surface area contributed by atoms with Crippen molar-refractivity contribution in [1.82, 2.24) is 19.5 Å². The minimum Gasteiger partial charge on any atom is -0.456 e. The van der Waals surface area contributed by atoms with Crippen LogP contribution in [0.2, 0.25) is 0 Å². The molecule has 6 heteroatoms. The molecule has 9 rings (SSSR count). The van der Waals surface area contributed by atoms with E-state index in [1.54, 1.807) is 0 Å². The van der Waals surface area contributed by atoms with E-state index in [1.165, 1.54) is 5.39 Å². The normalized spacial score (nSPS) is 11.5. The largest absolute Gasteiger partial charge is 0.456 e. The first-order valence-corrected chi connectivity index (χ1v) is 15.0. The summed E-state index contributed by atoms with van der Waals surface area (Å²) in [6.45, 7) is 0. The number of benzene rings is 6. The molecule has 0 atom stereocenters. The van der Waals surface area contributed by atoms with Gasteiger partial charge in [-0.2, -0.15) is 5.26 Å². The van der Waals surface area contributed by atoms with Crippen LogP contribution in [0.4, 0.5) is 0 Å². The summed E-state index contributed by atoms with van der Waals surface area (Å²) in [6.07, 6.45) is 0. The second-order valence-electron chi connectivity index (χ2n) is 11.2. The molecule has 0 fully saturated rings. The third-order valence-corrected chi connectivity index (χ3v) is 8.50. The zero-order valence-corrected chi connectivity index (χ0v) is 24.4. The number of furan rings is 1. The van der Waals surface area contributed by atoms with Gasteiger partial charge in [0.05, 0.1) is 22.7 Å². The molecular weight excluding hydrogens is 566 g/mol. The number of rotatable bonds is 4. The van der Waals surface area contributed by atoms with Gasteiger partial charge in [0.15, 0.2) is 17.5 Å². The van der Waals surface area contributed by atoms with Crippen LogP contribution in [0.5, 0.6) is 0 Å². The highest BCUT2D eigenvalue weighted by molar-refractivity contribution is 6.14. The molecule has 3 heterocycles. The number of hydrogen-bond donors (Lipinski definition) is 0. The monoisotopic (exact) mass is 589 g/mol. The van der Waals surface area contributed by atoms with Crippen LogP contribution >= 0.6 is 0 Å². The minimum absolute atomic E-state index is 0.508. The molecule has 3 aromatic heterocycles. The number of fused-ring (bicyclic) bond motifs is 6. The van der Waals surface area contributed by atoms with E-state index < -0.39 is 0 Å². The maximum atomic E-state index is 9.97. The van der Waals surface area contributed by atoms with Gasteiger partial charge in [-0.3, -0.25) is 0 Å². The highest BCUT2D eigenvalue weighted by Gasteiger charge is 2.20. The van der Waals surface area contributed by atoms with Crippen LogP contribution in [-0.2, 0) is 0 Å². The quantitative estimate of drug-likeness (QED) is 0.204. The van der Waals surface area contributed by atoms with Crippen LogP contribution in [0.3, 0.4) is 0 Å². The summed E-state index contributed by atoms with van der Waals surface area (Å²) in [5, 5.41) is 13.9. The van der Waals surface area contributed by atoms with E-state index in [0.29, 0.717) is 34.2 Å². The van der Waals surface area contributed by atoms with E-state index in [0.717, 1.165) is 49.6 Å². The first-order chi connectivity index (χ1) is 22.8. The summed E-state index contributed by atoms with van der Waals surface area (Å²) in [6, 6.07) is 48.9. The first-order valence-electron chi connectivity index (χ1n) is 15.0. The molecule has 0 saturated carbocycles. The highest BCUT2D eigenvalue weighted by atomic mass is 16.3. The fourth-order valence-corrected chi connectivity index (χ4v) is 6.45. The molecule has 0 aliphatic carbocycles. The van der Waals surface area contributed by atoms with Gasteiger partial charge in [0.1, 0.15) is 11.2 Å². The Bertz CT molecular complexity index is 2650. The fraction of sp³-hybridized carbons (Fsp3) is 0. The molecule has 0 aliphatic rings. The lowest BCUT2D eigenvalue weighted by atomic mass is 10.0. The molecule has 214 valence electrons. The van der Waals surface area contributed by atoms with Crippen molar-refractivity contribution in [3.63, 3.8) is 0 Å². The summed E-state index contributed by atoms with van der Waals surface area (Å²) in [5.74, 6) is 1.63. The average molecular weight is 590 g/mol. The van der Waals surface area contributed by atoms with E-state index >= 15 is 0 Å². The lowest BCUT2D eigenvalue weighted by molar-refractivity contribution is 0.669. The summed E-state index contributed by atoms with van der Waals surface area (Å²) in [5.41, 5.74) is 7.68. The lowest BCUT2D eigenvalue weighted by Gasteiger charge is -2.11. The lowest BCUT2D eigenvalue weighted by Crippen LogP contribution is -2.01. The van der Waals surface area contributed by atoms with Crippen molar-refractivity contribution in [3.8, 4) is 45.9 Å². The molecule has 0 spiro atoms. The van der Waals surface area contributed by atoms with Crippen LogP contribution in [0.1, 0.15) is 5.56 Å². The van der Waals surface area contributed by atoms with Crippen molar-refractivity contribution in [1.29, 1.82) is 5.26 Å². The topological polar surface area (TPSA) is 80.5 Å². The van der Waals surface area contributed by atoms with Crippen LogP contribution in [0, 0.1) is 11.3 Å². The van der Waals surface area contributed by atoms with Gasteiger partial charge in [-0.05, 0) is 42.5 Å². The minimum atomic E-state index is 0.508. The molecule has 0 saturated heterocycles. The smallest absolute Gasteiger partial charge is 0.164 e. The fourth-order valence-electron chi connectivity index (χ4n) is 6.45. The third-order valence-electron chi connectivity index (χ3n) is 8.50.